The summed E-state index contributed by atoms with van der Waals surface area (Å²) in [4.78, 5) is 7.75. The first-order valence-electron chi connectivity index (χ1n) is 9.34. The van der Waals surface area contributed by atoms with Gasteiger partial charge in [-0.15, -0.1) is 0 Å². The average molecular weight is 496 g/mol. The molecule has 1 heterocycles. The van der Waals surface area contributed by atoms with Crippen LogP contribution in [0.15, 0.2) is 42.6 Å². The van der Waals surface area contributed by atoms with Crippen LogP contribution in [0.1, 0.15) is 11.1 Å². The lowest BCUT2D eigenvalue weighted by atomic mass is 10.2. The second kappa shape index (κ2) is 9.30. The van der Waals surface area contributed by atoms with E-state index in [4.69, 9.17) is 16.3 Å². The number of anilines is 4. The van der Waals surface area contributed by atoms with Gasteiger partial charge in [0.15, 0.2) is 0 Å². The first kappa shape index (κ1) is 24.4. The van der Waals surface area contributed by atoms with Crippen LogP contribution in [0.25, 0.3) is 0 Å². The standard InChI is InChI=1S/C21H18ClF3N5O2P/c1-32-18-7-5-14(33(2,3)31)9-17(18)29-20-27-11-15(21(23,24)25)19(30-20)28-16-6-4-13(22)8-12(16)10-26/h4-9,11H,1-3H3,(H2,27,28,29,30). The highest BCUT2D eigenvalue weighted by atomic mass is 35.5. The molecule has 0 saturated carbocycles. The smallest absolute Gasteiger partial charge is 0.421 e. The molecule has 2 aromatic carbocycles. The van der Waals surface area contributed by atoms with E-state index < -0.39 is 24.7 Å². The summed E-state index contributed by atoms with van der Waals surface area (Å²) in [6.45, 7) is 3.18. The Labute approximate surface area is 193 Å². The summed E-state index contributed by atoms with van der Waals surface area (Å²) in [6.07, 6.45) is -4.13. The molecule has 0 amide bonds. The fourth-order valence-corrected chi connectivity index (χ4v) is 3.89. The molecule has 12 heteroatoms. The molecule has 2 N–H and O–H groups in total. The summed E-state index contributed by atoms with van der Waals surface area (Å²) >= 11 is 5.86. The monoisotopic (exact) mass is 495 g/mol. The number of nitrogens with one attached hydrogen (secondary N) is 2. The Morgan fingerprint density at radius 3 is 2.45 bits per heavy atom. The minimum Gasteiger partial charge on any atom is -0.495 e. The highest BCUT2D eigenvalue weighted by Gasteiger charge is 2.35. The number of aromatic nitrogens is 2. The van der Waals surface area contributed by atoms with Crippen molar-refractivity contribution in [2.45, 2.75) is 6.18 Å². The maximum absolute atomic E-state index is 13.6. The molecule has 0 saturated heterocycles. The van der Waals surface area contributed by atoms with Gasteiger partial charge in [-0.1, -0.05) is 11.6 Å². The van der Waals surface area contributed by atoms with Gasteiger partial charge in [0.25, 0.3) is 0 Å². The van der Waals surface area contributed by atoms with Crippen LogP contribution in [0.4, 0.5) is 36.3 Å². The molecule has 3 rings (SSSR count). The van der Waals surface area contributed by atoms with E-state index in [1.54, 1.807) is 31.5 Å². The molecule has 0 unspecified atom stereocenters. The quantitative estimate of drug-likeness (QED) is 0.419. The molecule has 0 aliphatic rings. The van der Waals surface area contributed by atoms with Crippen molar-refractivity contribution in [3.63, 3.8) is 0 Å². The average Bonchev–Trinajstić information content (AvgIpc) is 2.73. The number of ether oxygens (including phenoxy) is 1. The third kappa shape index (κ3) is 5.75. The van der Waals surface area contributed by atoms with Crippen LogP contribution in [0, 0.1) is 11.3 Å². The number of benzene rings is 2. The Morgan fingerprint density at radius 1 is 1.12 bits per heavy atom. The van der Waals surface area contributed by atoms with Crippen molar-refractivity contribution in [3.05, 3.63) is 58.7 Å². The molecular formula is C21H18ClF3N5O2P. The van der Waals surface area contributed by atoms with Gasteiger partial charge in [-0.25, -0.2) is 4.98 Å². The summed E-state index contributed by atoms with van der Waals surface area (Å²) in [6, 6.07) is 10.8. The Balaban J connectivity index is 2.06. The number of hydrogen-bond donors (Lipinski definition) is 2. The van der Waals surface area contributed by atoms with Crippen LogP contribution < -0.4 is 20.7 Å². The topological polar surface area (TPSA) is 99.9 Å². The molecule has 0 spiro atoms. The molecule has 33 heavy (non-hydrogen) atoms. The van der Waals surface area contributed by atoms with Crippen LogP contribution in [-0.4, -0.2) is 30.4 Å². The summed E-state index contributed by atoms with van der Waals surface area (Å²) in [5, 5.41) is 15.5. The number of methoxy groups -OCH3 is 1. The maximum atomic E-state index is 13.6. The zero-order valence-electron chi connectivity index (χ0n) is 17.7. The molecule has 3 aromatic rings. The van der Waals surface area contributed by atoms with Crippen molar-refractivity contribution in [1.82, 2.24) is 9.97 Å². The van der Waals surface area contributed by atoms with E-state index in [1.807, 2.05) is 6.07 Å². The van der Waals surface area contributed by atoms with E-state index in [0.29, 0.717) is 22.9 Å². The minimum absolute atomic E-state index is 0.0414. The zero-order valence-corrected chi connectivity index (χ0v) is 19.3. The third-order valence-corrected chi connectivity index (χ3v) is 6.26. The molecule has 0 atom stereocenters. The molecule has 7 nitrogen and oxygen atoms in total. The van der Waals surface area contributed by atoms with Crippen LogP contribution in [0.5, 0.6) is 5.75 Å². The maximum Gasteiger partial charge on any atom is 0.421 e. The molecule has 0 bridgehead atoms. The number of halogens is 4. The normalized spacial score (nSPS) is 11.6. The van der Waals surface area contributed by atoms with Gasteiger partial charge in [0.05, 0.1) is 24.0 Å². The van der Waals surface area contributed by atoms with Gasteiger partial charge < -0.3 is 19.9 Å². The Morgan fingerprint density at radius 2 is 1.85 bits per heavy atom. The van der Waals surface area contributed by atoms with Crippen molar-refractivity contribution in [1.29, 1.82) is 5.26 Å². The van der Waals surface area contributed by atoms with Crippen LogP contribution in [0.3, 0.4) is 0 Å². The van der Waals surface area contributed by atoms with Crippen LogP contribution in [-0.2, 0) is 10.7 Å². The number of rotatable bonds is 6. The van der Waals surface area contributed by atoms with E-state index in [0.717, 1.165) is 0 Å². The van der Waals surface area contributed by atoms with Gasteiger partial charge in [-0.3, -0.25) is 0 Å². The second-order valence-electron chi connectivity index (χ2n) is 7.24. The summed E-state index contributed by atoms with van der Waals surface area (Å²) in [5.41, 5.74) is -0.664. The summed E-state index contributed by atoms with van der Waals surface area (Å²) < 4.78 is 58.5. The van der Waals surface area contributed by atoms with E-state index in [1.165, 1.54) is 25.3 Å². The fourth-order valence-electron chi connectivity index (χ4n) is 2.84. The number of hydrogen-bond acceptors (Lipinski definition) is 7. The lowest BCUT2D eigenvalue weighted by Gasteiger charge is -2.17. The van der Waals surface area contributed by atoms with Gasteiger partial charge in [-0.2, -0.15) is 23.4 Å². The first-order valence-corrected chi connectivity index (χ1v) is 12.3. The van der Waals surface area contributed by atoms with Crippen LogP contribution >= 0.6 is 18.7 Å². The number of alkyl halides is 3. The van der Waals surface area contributed by atoms with Gasteiger partial charge in [0.1, 0.15) is 30.3 Å². The van der Waals surface area contributed by atoms with E-state index in [9.17, 15) is 23.0 Å². The van der Waals surface area contributed by atoms with Crippen molar-refractivity contribution < 1.29 is 22.5 Å². The molecule has 0 fully saturated rings. The molecule has 0 radical (unpaired) electrons. The van der Waals surface area contributed by atoms with Gasteiger partial charge in [0.2, 0.25) is 5.95 Å². The van der Waals surface area contributed by atoms with E-state index >= 15 is 0 Å². The van der Waals surface area contributed by atoms with Gasteiger partial charge >= 0.3 is 6.18 Å². The van der Waals surface area contributed by atoms with E-state index in [-0.39, 0.29) is 22.2 Å². The summed E-state index contributed by atoms with van der Waals surface area (Å²) in [7, 11) is -1.20. The predicted molar refractivity (Wildman–Crippen MR) is 122 cm³/mol. The van der Waals surface area contributed by atoms with Crippen LogP contribution in [0.2, 0.25) is 5.02 Å². The molecular weight excluding hydrogens is 478 g/mol. The Hall–Kier alpha value is -3.28. The largest absolute Gasteiger partial charge is 0.495 e. The highest BCUT2D eigenvalue weighted by molar-refractivity contribution is 7.70. The Bertz CT molecular complexity index is 1290. The Kier molecular flexibility index (Phi) is 6.86. The SMILES string of the molecule is COc1ccc(P(C)(C)=O)cc1Nc1ncc(C(F)(F)F)c(Nc2ccc(Cl)cc2C#N)n1. The minimum atomic E-state index is -4.76. The van der Waals surface area contributed by atoms with Crippen molar-refractivity contribution in [2.24, 2.45) is 0 Å². The van der Waals surface area contributed by atoms with Crippen molar-refractivity contribution in [2.75, 3.05) is 31.1 Å². The van der Waals surface area contributed by atoms with Gasteiger partial charge in [0, 0.05) is 16.5 Å². The third-order valence-electron chi connectivity index (χ3n) is 4.50. The highest BCUT2D eigenvalue weighted by Crippen LogP contribution is 2.39. The summed E-state index contributed by atoms with van der Waals surface area (Å²) in [5.74, 6) is -0.379. The lowest BCUT2D eigenvalue weighted by Crippen LogP contribution is -2.13. The zero-order chi connectivity index (χ0) is 24.4. The molecule has 1 aromatic heterocycles. The predicted octanol–water partition coefficient (Wildman–Crippen LogP) is 5.76. The van der Waals surface area contributed by atoms with Crippen molar-refractivity contribution in [3.8, 4) is 11.8 Å². The van der Waals surface area contributed by atoms with E-state index in [2.05, 4.69) is 20.6 Å². The molecule has 172 valence electrons. The molecule has 0 aliphatic heterocycles. The number of nitriles is 1. The first-order chi connectivity index (χ1) is 15.4. The van der Waals surface area contributed by atoms with Crippen molar-refractivity contribution >= 4 is 47.2 Å². The van der Waals surface area contributed by atoms with Gasteiger partial charge in [-0.05, 0) is 49.7 Å². The number of nitrogens with zero attached hydrogens (tertiary/aromatic N) is 3. The lowest BCUT2D eigenvalue weighted by molar-refractivity contribution is -0.137. The molecule has 0 aliphatic carbocycles. The fraction of sp³-hybridized carbons (Fsp3) is 0.190. The second-order valence-corrected chi connectivity index (χ2v) is 10.9.